The molecule has 1 aromatic heterocycles. The third-order valence-electron chi connectivity index (χ3n) is 1.48. The first-order valence-electron chi connectivity index (χ1n) is 3.59. The first-order chi connectivity index (χ1) is 7.23. The molecule has 0 bridgehead atoms. The lowest BCUT2D eigenvalue weighted by molar-refractivity contribution is -0.386. The Morgan fingerprint density at radius 1 is 1.44 bits per heavy atom. The van der Waals surface area contributed by atoms with Crippen LogP contribution in [0.1, 0.15) is 0 Å². The van der Waals surface area contributed by atoms with Gasteiger partial charge in [-0.25, -0.2) is 4.21 Å². The molecule has 1 heterocycles. The number of rotatable bonds is 2. The smallest absolute Gasteiger partial charge is 0.322 e. The van der Waals surface area contributed by atoms with Gasteiger partial charge in [-0.1, -0.05) is 0 Å². The van der Waals surface area contributed by atoms with Gasteiger partial charge in [0, 0.05) is 12.3 Å². The molecule has 0 fully saturated rings. The second-order valence-corrected chi connectivity index (χ2v) is 3.99. The lowest BCUT2D eigenvalue weighted by Gasteiger charge is -2.04. The van der Waals surface area contributed by atoms with Gasteiger partial charge in [-0.3, -0.25) is 14.9 Å². The second kappa shape index (κ2) is 4.04. The van der Waals surface area contributed by atoms with Gasteiger partial charge in [0.25, 0.3) is 0 Å². The molecule has 0 aliphatic rings. The molecule has 0 unspecified atom stereocenters. The molecule has 1 atom stereocenters. The molecule has 0 saturated carbocycles. The fourth-order valence-electron chi connectivity index (χ4n) is 0.829. The van der Waals surface area contributed by atoms with Gasteiger partial charge in [-0.05, 0) is 0 Å². The van der Waals surface area contributed by atoms with Crippen LogP contribution in [0.15, 0.2) is 22.0 Å². The zero-order chi connectivity index (χ0) is 12.5. The van der Waals surface area contributed by atoms with Crippen molar-refractivity contribution in [3.8, 4) is 0 Å². The molecule has 16 heavy (non-hydrogen) atoms. The normalized spacial score (nSPS) is 13.4. The van der Waals surface area contributed by atoms with E-state index >= 15 is 0 Å². The molecule has 1 aromatic rings. The SMILES string of the molecule is O=c1[nH]cc([S@@](=O)C(F)(F)F)cc1[N+](=O)[O-]. The van der Waals surface area contributed by atoms with Gasteiger partial charge < -0.3 is 4.98 Å². The van der Waals surface area contributed by atoms with Crippen molar-refractivity contribution in [2.75, 3.05) is 0 Å². The van der Waals surface area contributed by atoms with Crippen LogP contribution >= 0.6 is 0 Å². The van der Waals surface area contributed by atoms with Crippen LogP contribution < -0.4 is 5.56 Å². The Morgan fingerprint density at radius 3 is 2.44 bits per heavy atom. The molecular formula is C6H3F3N2O4S. The van der Waals surface area contributed by atoms with E-state index < -0.39 is 37.4 Å². The Balaban J connectivity index is 3.29. The molecule has 0 saturated heterocycles. The molecular weight excluding hydrogens is 253 g/mol. The standard InChI is InChI=1S/C6H3F3N2O4S/c7-6(8,9)16(15)3-1-4(11(13)14)5(12)10-2-3/h1-2H,(H,10,12)/t16-/m1/s1. The highest BCUT2D eigenvalue weighted by Gasteiger charge is 2.38. The van der Waals surface area contributed by atoms with Crippen molar-refractivity contribution in [1.82, 2.24) is 4.98 Å². The lowest BCUT2D eigenvalue weighted by Crippen LogP contribution is -2.19. The first-order valence-corrected chi connectivity index (χ1v) is 4.74. The predicted molar refractivity (Wildman–Crippen MR) is 46.2 cm³/mol. The number of alkyl halides is 3. The summed E-state index contributed by atoms with van der Waals surface area (Å²) in [6.45, 7) is 0. The van der Waals surface area contributed by atoms with Gasteiger partial charge in [-0.15, -0.1) is 0 Å². The number of aromatic nitrogens is 1. The van der Waals surface area contributed by atoms with E-state index in [1.807, 2.05) is 0 Å². The fourth-order valence-corrected chi connectivity index (χ4v) is 1.48. The van der Waals surface area contributed by atoms with Crippen LogP contribution in [0.25, 0.3) is 0 Å². The van der Waals surface area contributed by atoms with Crippen molar-refractivity contribution in [2.45, 2.75) is 10.4 Å². The number of aromatic amines is 1. The molecule has 0 aliphatic heterocycles. The van der Waals surface area contributed by atoms with E-state index in [1.54, 1.807) is 4.98 Å². The zero-order valence-corrected chi connectivity index (χ0v) is 8.09. The lowest BCUT2D eigenvalue weighted by atomic mass is 10.4. The highest BCUT2D eigenvalue weighted by Crippen LogP contribution is 2.26. The van der Waals surface area contributed by atoms with Crippen molar-refractivity contribution >= 4 is 16.5 Å². The third kappa shape index (κ3) is 2.45. The van der Waals surface area contributed by atoms with Crippen molar-refractivity contribution in [2.24, 2.45) is 0 Å². The highest BCUT2D eigenvalue weighted by molar-refractivity contribution is 7.86. The topological polar surface area (TPSA) is 93.1 Å². The average molecular weight is 256 g/mol. The summed E-state index contributed by atoms with van der Waals surface area (Å²) in [5, 5.41) is 10.3. The summed E-state index contributed by atoms with van der Waals surface area (Å²) in [6.07, 6.45) is 0.527. The summed E-state index contributed by atoms with van der Waals surface area (Å²) in [4.78, 5) is 20.7. The van der Waals surface area contributed by atoms with Gasteiger partial charge in [0.05, 0.1) is 9.82 Å². The van der Waals surface area contributed by atoms with Crippen LogP contribution in [0.5, 0.6) is 0 Å². The Kier molecular flexibility index (Phi) is 3.12. The summed E-state index contributed by atoms with van der Waals surface area (Å²) in [5.41, 5.74) is -7.28. The summed E-state index contributed by atoms with van der Waals surface area (Å²) >= 11 is 0. The van der Waals surface area contributed by atoms with E-state index in [0.717, 1.165) is 0 Å². The first kappa shape index (κ1) is 12.4. The van der Waals surface area contributed by atoms with Gasteiger partial charge in [0.1, 0.15) is 0 Å². The number of halogens is 3. The molecule has 6 nitrogen and oxygen atoms in total. The van der Waals surface area contributed by atoms with E-state index in [9.17, 15) is 32.3 Å². The van der Waals surface area contributed by atoms with Gasteiger partial charge in [0.15, 0.2) is 10.8 Å². The average Bonchev–Trinajstić information content (AvgIpc) is 2.15. The summed E-state index contributed by atoms with van der Waals surface area (Å²) < 4.78 is 46.8. The summed E-state index contributed by atoms with van der Waals surface area (Å²) in [5.74, 6) is 0. The van der Waals surface area contributed by atoms with Gasteiger partial charge >= 0.3 is 16.8 Å². The van der Waals surface area contributed by atoms with E-state index in [2.05, 4.69) is 0 Å². The van der Waals surface area contributed by atoms with E-state index in [4.69, 9.17) is 0 Å². The minimum absolute atomic E-state index is 0.336. The minimum Gasteiger partial charge on any atom is -0.322 e. The Morgan fingerprint density at radius 2 is 2.00 bits per heavy atom. The Hall–Kier alpha value is -1.71. The molecule has 0 amide bonds. The van der Waals surface area contributed by atoms with E-state index in [-0.39, 0.29) is 0 Å². The number of hydrogen-bond donors (Lipinski definition) is 1. The maximum atomic E-state index is 12.0. The van der Waals surface area contributed by atoms with Crippen molar-refractivity contribution in [3.63, 3.8) is 0 Å². The number of nitro groups is 1. The summed E-state index contributed by atoms with van der Waals surface area (Å²) in [6, 6.07) is 0.336. The van der Waals surface area contributed by atoms with Crippen molar-refractivity contribution < 1.29 is 22.3 Å². The number of H-pyrrole nitrogens is 1. The second-order valence-electron chi connectivity index (χ2n) is 2.52. The number of nitrogens with one attached hydrogen (secondary N) is 1. The van der Waals surface area contributed by atoms with E-state index in [1.165, 1.54) is 0 Å². The monoisotopic (exact) mass is 256 g/mol. The quantitative estimate of drug-likeness (QED) is 0.628. The van der Waals surface area contributed by atoms with Gasteiger partial charge in [0.2, 0.25) is 0 Å². The molecule has 0 aliphatic carbocycles. The molecule has 0 radical (unpaired) electrons. The minimum atomic E-state index is -5.04. The van der Waals surface area contributed by atoms with Crippen LogP contribution in [0.2, 0.25) is 0 Å². The summed E-state index contributed by atoms with van der Waals surface area (Å²) in [7, 11) is -3.41. The molecule has 0 spiro atoms. The van der Waals surface area contributed by atoms with Gasteiger partial charge in [-0.2, -0.15) is 13.2 Å². The molecule has 10 heteroatoms. The molecule has 88 valence electrons. The number of nitrogens with zero attached hydrogens (tertiary/aromatic N) is 1. The molecule has 1 rings (SSSR count). The van der Waals surface area contributed by atoms with Crippen LogP contribution in [-0.4, -0.2) is 19.6 Å². The maximum Gasteiger partial charge on any atom is 0.475 e. The van der Waals surface area contributed by atoms with Crippen LogP contribution in [0.4, 0.5) is 18.9 Å². The predicted octanol–water partition coefficient (Wildman–Crippen LogP) is 0.911. The van der Waals surface area contributed by atoms with E-state index in [0.29, 0.717) is 12.3 Å². The number of hydrogen-bond acceptors (Lipinski definition) is 4. The number of pyridine rings is 1. The van der Waals surface area contributed by atoms with Crippen molar-refractivity contribution in [1.29, 1.82) is 0 Å². The highest BCUT2D eigenvalue weighted by atomic mass is 32.2. The van der Waals surface area contributed by atoms with Crippen LogP contribution in [0, 0.1) is 10.1 Å². The molecule has 1 N–H and O–H groups in total. The molecule has 0 aromatic carbocycles. The third-order valence-corrected chi connectivity index (χ3v) is 2.56. The Bertz CT molecular complexity index is 509. The fraction of sp³-hybridized carbons (Fsp3) is 0.167. The van der Waals surface area contributed by atoms with Crippen LogP contribution in [-0.2, 0) is 10.8 Å². The Labute approximate surface area is 87.7 Å². The zero-order valence-electron chi connectivity index (χ0n) is 7.28. The largest absolute Gasteiger partial charge is 0.475 e. The van der Waals surface area contributed by atoms with Crippen LogP contribution in [0.3, 0.4) is 0 Å². The van der Waals surface area contributed by atoms with Crippen molar-refractivity contribution in [3.05, 3.63) is 32.7 Å². The maximum absolute atomic E-state index is 12.0.